The third-order valence-corrected chi connectivity index (χ3v) is 20.7. The first-order valence-corrected chi connectivity index (χ1v) is 28.2. The Morgan fingerprint density at radius 1 is 0.414 bits per heavy atom. The Hall–Kier alpha value is -5.02. The average molecular weight is 917 g/mol. The fourth-order valence-electron chi connectivity index (χ4n) is 18.2. The maximum absolute atomic E-state index is 17.0. The molecule has 0 N–H and O–H groups in total. The quantitative estimate of drug-likeness (QED) is 0.153. The minimum Gasteiger partial charge on any atom is -0.263 e. The van der Waals surface area contributed by atoms with Crippen LogP contribution in [0.15, 0.2) is 84.9 Å². The maximum Gasteiger partial charge on any atom is 0.338 e. The maximum atomic E-state index is 17.0. The van der Waals surface area contributed by atoms with Crippen LogP contribution in [-0.4, -0.2) is 19.5 Å². The molecule has 3 nitrogen and oxygen atoms in total. The van der Waals surface area contributed by atoms with Crippen molar-refractivity contribution in [3.63, 3.8) is 0 Å². The third kappa shape index (κ3) is 5.76. The lowest BCUT2D eigenvalue weighted by Gasteiger charge is -2.47. The Morgan fingerprint density at radius 3 is 1.07 bits per heavy atom. The van der Waals surface area contributed by atoms with Crippen molar-refractivity contribution >= 4 is 85.8 Å². The molecule has 8 aliphatic carbocycles. The van der Waals surface area contributed by atoms with Gasteiger partial charge < -0.3 is 0 Å². The van der Waals surface area contributed by atoms with Crippen LogP contribution < -0.4 is 42.6 Å². The third-order valence-electron chi connectivity index (χ3n) is 20.7. The number of hydrogen-bond donors (Lipinski definition) is 0. The number of benzene rings is 6. The van der Waals surface area contributed by atoms with Crippen molar-refractivity contribution in [3.8, 4) is 0 Å². The molecule has 6 aromatic rings. The van der Waals surface area contributed by atoms with Crippen LogP contribution in [0.2, 0.25) is 0 Å². The monoisotopic (exact) mass is 917 g/mol. The number of rotatable bonds is 6. The predicted molar refractivity (Wildman–Crippen MR) is 296 cm³/mol. The smallest absolute Gasteiger partial charge is 0.263 e. The van der Waals surface area contributed by atoms with Gasteiger partial charge in [0.15, 0.2) is 0 Å². The van der Waals surface area contributed by atoms with Gasteiger partial charge in [-0.05, 0) is 219 Å². The molecule has 0 radical (unpaired) electrons. The summed E-state index contributed by atoms with van der Waals surface area (Å²) >= 11 is 0. The summed E-state index contributed by atoms with van der Waals surface area (Å²) in [6.07, 6.45) is 13.4. The van der Waals surface area contributed by atoms with Crippen LogP contribution in [-0.2, 0) is 0 Å². The predicted octanol–water partition coefficient (Wildman–Crippen LogP) is 13.2. The van der Waals surface area contributed by atoms with E-state index >= 15 is 4.79 Å². The van der Waals surface area contributed by atoms with E-state index in [0.29, 0.717) is 47.3 Å². The topological polar surface area (TPSA) is 23.6 Å². The second-order valence-electron chi connectivity index (χ2n) is 25.9. The largest absolute Gasteiger partial charge is 0.338 e. The second kappa shape index (κ2) is 15.0. The summed E-state index contributed by atoms with van der Waals surface area (Å²) in [5.41, 5.74) is 25.0. The van der Waals surface area contributed by atoms with E-state index < -0.39 is 0 Å². The van der Waals surface area contributed by atoms with Gasteiger partial charge in [-0.15, -0.1) is 0 Å². The molecule has 0 saturated heterocycles. The molecule has 0 spiro atoms. The van der Waals surface area contributed by atoms with E-state index in [9.17, 15) is 0 Å². The summed E-state index contributed by atoms with van der Waals surface area (Å²) in [5, 5.41) is 2.51. The highest BCUT2D eigenvalue weighted by molar-refractivity contribution is 7.00. The number of nitrogens with zero attached hydrogens (tertiary/aromatic N) is 2. The zero-order chi connectivity index (χ0) is 47.3. The standard InChI is InChI=1S/C65H70B2N2O/c1-33(2)46-11-9-12-47(34(3)4)61(46)66-54-17-15-41-16-18-55-64-60(41)63(54)68(58-31-52-44-25-37-19-38(26-44)22-42(21-37)50(52)29-56(58)66)65(70)69(64)59-32-53-45-27-39-20-40(28-45)24-43(23-39)51(53)30-57(59)67(55)62-48(35(5)6)13-10-14-49(62)36(7)8/h9-18,29-40,42-45H,19-28H2,1-8H3. The zero-order valence-corrected chi connectivity index (χ0v) is 43.0. The van der Waals surface area contributed by atoms with Crippen LogP contribution in [0.3, 0.4) is 0 Å². The van der Waals surface area contributed by atoms with Gasteiger partial charge in [0.1, 0.15) is 0 Å². The molecule has 8 bridgehead atoms. The van der Waals surface area contributed by atoms with E-state index in [2.05, 4.69) is 150 Å². The van der Waals surface area contributed by atoms with Crippen molar-refractivity contribution in [1.82, 2.24) is 0 Å². The van der Waals surface area contributed by atoms with Gasteiger partial charge in [-0.3, -0.25) is 9.80 Å². The Bertz CT molecular complexity index is 2980. The van der Waals surface area contributed by atoms with E-state index in [1.54, 1.807) is 22.3 Å². The number of urea groups is 1. The molecule has 4 saturated carbocycles. The normalized spacial score (nSPS) is 27.0. The molecule has 0 aromatic heterocycles. The minimum absolute atomic E-state index is 0.0159. The van der Waals surface area contributed by atoms with Gasteiger partial charge in [0.2, 0.25) is 13.4 Å². The summed E-state index contributed by atoms with van der Waals surface area (Å²) in [4.78, 5) is 21.6. The number of fused-ring (bicyclic) bond motifs is 4. The van der Waals surface area contributed by atoms with Gasteiger partial charge in [-0.2, -0.15) is 0 Å². The van der Waals surface area contributed by atoms with Crippen LogP contribution in [0.4, 0.5) is 27.5 Å². The van der Waals surface area contributed by atoms with Gasteiger partial charge in [0.05, 0.1) is 11.4 Å². The second-order valence-corrected chi connectivity index (χ2v) is 25.9. The lowest BCUT2D eigenvalue weighted by atomic mass is 9.32. The minimum atomic E-state index is 0.0159. The summed E-state index contributed by atoms with van der Waals surface area (Å²) in [7, 11) is 0. The van der Waals surface area contributed by atoms with Gasteiger partial charge in [-0.25, -0.2) is 4.79 Å². The highest BCUT2D eigenvalue weighted by Gasteiger charge is 2.52. The zero-order valence-electron chi connectivity index (χ0n) is 43.0. The molecular formula is C65H70B2N2O. The first-order chi connectivity index (χ1) is 33.9. The number of amides is 2. The van der Waals surface area contributed by atoms with Gasteiger partial charge >= 0.3 is 6.03 Å². The molecule has 4 fully saturated rings. The molecule has 17 rings (SSSR count). The van der Waals surface area contributed by atoms with Crippen molar-refractivity contribution in [2.45, 2.75) is 167 Å². The molecule has 3 heterocycles. The molecule has 4 unspecified atom stereocenters. The molecule has 11 aliphatic rings. The van der Waals surface area contributed by atoms with Crippen LogP contribution in [0.1, 0.15) is 211 Å². The molecule has 4 atom stereocenters. The van der Waals surface area contributed by atoms with E-state index in [0.717, 1.165) is 46.4 Å². The van der Waals surface area contributed by atoms with Crippen LogP contribution >= 0.6 is 0 Å². The summed E-state index contributed by atoms with van der Waals surface area (Å²) < 4.78 is 0. The van der Waals surface area contributed by atoms with Crippen molar-refractivity contribution in [2.75, 3.05) is 9.80 Å². The highest BCUT2D eigenvalue weighted by atomic mass is 16.2. The van der Waals surface area contributed by atoms with Crippen molar-refractivity contribution in [3.05, 3.63) is 129 Å². The van der Waals surface area contributed by atoms with E-state index in [4.69, 9.17) is 0 Å². The summed E-state index contributed by atoms with van der Waals surface area (Å²) in [5.74, 6) is 7.12. The number of carbonyl (C=O) groups is 1. The van der Waals surface area contributed by atoms with E-state index in [1.165, 1.54) is 130 Å². The molecule has 3 aliphatic heterocycles. The van der Waals surface area contributed by atoms with Crippen molar-refractivity contribution in [2.24, 2.45) is 23.7 Å². The fraction of sp³-hybridized carbons (Fsp3) is 0.462. The molecular weight excluding hydrogens is 846 g/mol. The van der Waals surface area contributed by atoms with Gasteiger partial charge in [0.25, 0.3) is 0 Å². The van der Waals surface area contributed by atoms with Crippen LogP contribution in [0, 0.1) is 23.7 Å². The SMILES string of the molecule is CC(C)c1cccc(C(C)C)c1B1c2cc3c(cc2N2C(=O)N4c5cc6c(cc5B(c5c(C(C)C)cccc5C(C)C)c5ccc7ccc1c2c7c54)C1CC2CC(C1)CC6C2)C1CC2CC(CC3C2)C1. The summed E-state index contributed by atoms with van der Waals surface area (Å²) in [6.45, 7) is 19.2. The fourth-order valence-corrected chi connectivity index (χ4v) is 18.2. The highest BCUT2D eigenvalue weighted by Crippen LogP contribution is 2.59. The van der Waals surface area contributed by atoms with Crippen LogP contribution in [0.5, 0.6) is 0 Å². The summed E-state index contributed by atoms with van der Waals surface area (Å²) in [6, 6.07) is 34.9. The Kier molecular flexibility index (Phi) is 9.15. The van der Waals surface area contributed by atoms with Gasteiger partial charge in [0, 0.05) is 16.8 Å². The lowest BCUT2D eigenvalue weighted by molar-refractivity contribution is 0.165. The van der Waals surface area contributed by atoms with Crippen LogP contribution in [0.25, 0.3) is 10.8 Å². The number of hydrogen-bond acceptors (Lipinski definition) is 1. The Morgan fingerprint density at radius 2 is 0.743 bits per heavy atom. The molecule has 352 valence electrons. The van der Waals surface area contributed by atoms with Crippen molar-refractivity contribution in [1.29, 1.82) is 0 Å². The van der Waals surface area contributed by atoms with E-state index in [-0.39, 0.29) is 19.5 Å². The Balaban J connectivity index is 1.07. The Labute approximate surface area is 418 Å². The first kappa shape index (κ1) is 42.6. The molecule has 2 amide bonds. The molecule has 70 heavy (non-hydrogen) atoms. The van der Waals surface area contributed by atoms with E-state index in [1.807, 2.05) is 0 Å². The average Bonchev–Trinajstić information content (AvgIpc) is 3.61. The number of anilines is 4. The first-order valence-electron chi connectivity index (χ1n) is 28.2. The number of carbonyl (C=O) groups excluding carboxylic acids is 1. The van der Waals surface area contributed by atoms with Crippen molar-refractivity contribution < 1.29 is 4.79 Å². The lowest BCUT2D eigenvalue weighted by Crippen LogP contribution is -2.65. The molecule has 6 aromatic carbocycles. The van der Waals surface area contributed by atoms with Gasteiger partial charge in [-0.1, -0.05) is 139 Å². The molecule has 5 heteroatoms.